The van der Waals surface area contributed by atoms with E-state index < -0.39 is 0 Å². The minimum atomic E-state index is 0.290. The van der Waals surface area contributed by atoms with E-state index in [0.717, 1.165) is 16.8 Å². The van der Waals surface area contributed by atoms with Crippen LogP contribution in [-0.2, 0) is 0 Å². The van der Waals surface area contributed by atoms with Gasteiger partial charge in [0.05, 0.1) is 0 Å². The molecule has 1 aromatic carbocycles. The lowest BCUT2D eigenvalue weighted by Gasteiger charge is -2.17. The molecule has 2 rings (SSSR count). The summed E-state index contributed by atoms with van der Waals surface area (Å²) >= 11 is 3.55. The van der Waals surface area contributed by atoms with Gasteiger partial charge in [-0.25, -0.2) is 0 Å². The highest BCUT2D eigenvalue weighted by molar-refractivity contribution is 9.10. The first-order chi connectivity index (χ1) is 6.81. The van der Waals surface area contributed by atoms with Crippen LogP contribution in [0.5, 0.6) is 0 Å². The summed E-state index contributed by atoms with van der Waals surface area (Å²) in [6.07, 6.45) is 3.88. The molecule has 0 amide bonds. The van der Waals surface area contributed by atoms with Gasteiger partial charge in [-0.2, -0.15) is 0 Å². The number of hydrogen-bond acceptors (Lipinski definition) is 2. The van der Waals surface area contributed by atoms with Gasteiger partial charge >= 0.3 is 0 Å². The van der Waals surface area contributed by atoms with Gasteiger partial charge in [-0.15, -0.1) is 0 Å². The zero-order chi connectivity index (χ0) is 9.97. The van der Waals surface area contributed by atoms with E-state index in [1.54, 1.807) is 0 Å². The highest BCUT2D eigenvalue weighted by Gasteiger charge is 2.26. The van der Waals surface area contributed by atoms with Crippen LogP contribution in [0.25, 0.3) is 0 Å². The first kappa shape index (κ1) is 10.1. The molecule has 2 nitrogen and oxygen atoms in total. The second-order valence-corrected chi connectivity index (χ2v) is 4.77. The molecule has 1 unspecified atom stereocenters. The van der Waals surface area contributed by atoms with Crippen LogP contribution in [0.15, 0.2) is 28.7 Å². The van der Waals surface area contributed by atoms with E-state index in [9.17, 15) is 0 Å². The maximum Gasteiger partial charge on any atom is 0.0473 e. The van der Waals surface area contributed by atoms with Crippen molar-refractivity contribution in [3.05, 3.63) is 34.3 Å². The van der Waals surface area contributed by atoms with Crippen LogP contribution >= 0.6 is 15.9 Å². The van der Waals surface area contributed by atoms with Gasteiger partial charge < -0.3 is 0 Å². The number of hydrazine groups is 1. The SMILES string of the molecule is NNC(CC1CC1)c1ccccc1Br. The zero-order valence-electron chi connectivity index (χ0n) is 8.04. The molecule has 0 aliphatic heterocycles. The molecule has 3 N–H and O–H groups in total. The van der Waals surface area contributed by atoms with Crippen molar-refractivity contribution < 1.29 is 0 Å². The van der Waals surface area contributed by atoms with E-state index in [4.69, 9.17) is 5.84 Å². The largest absolute Gasteiger partial charge is 0.271 e. The zero-order valence-corrected chi connectivity index (χ0v) is 9.63. The normalized spacial score (nSPS) is 18.1. The van der Waals surface area contributed by atoms with Crippen molar-refractivity contribution in [2.75, 3.05) is 0 Å². The lowest BCUT2D eigenvalue weighted by atomic mass is 10.0. The molecule has 3 heteroatoms. The minimum Gasteiger partial charge on any atom is -0.271 e. The minimum absolute atomic E-state index is 0.290. The number of nitrogens with one attached hydrogen (secondary N) is 1. The Morgan fingerprint density at radius 2 is 2.14 bits per heavy atom. The van der Waals surface area contributed by atoms with Crippen LogP contribution < -0.4 is 11.3 Å². The fourth-order valence-corrected chi connectivity index (χ4v) is 2.29. The molecule has 0 aromatic heterocycles. The van der Waals surface area contributed by atoms with Crippen molar-refractivity contribution in [2.45, 2.75) is 25.3 Å². The van der Waals surface area contributed by atoms with Crippen LogP contribution in [0.1, 0.15) is 30.9 Å². The molecule has 1 fully saturated rings. The van der Waals surface area contributed by atoms with Gasteiger partial charge in [0, 0.05) is 10.5 Å². The van der Waals surface area contributed by atoms with Crippen molar-refractivity contribution in [3.8, 4) is 0 Å². The topological polar surface area (TPSA) is 38.0 Å². The fraction of sp³-hybridized carbons (Fsp3) is 0.455. The molecule has 0 radical (unpaired) electrons. The van der Waals surface area contributed by atoms with Crippen molar-refractivity contribution in [1.82, 2.24) is 5.43 Å². The van der Waals surface area contributed by atoms with Gasteiger partial charge in [-0.05, 0) is 24.0 Å². The van der Waals surface area contributed by atoms with Gasteiger partial charge in [0.25, 0.3) is 0 Å². The lowest BCUT2D eigenvalue weighted by molar-refractivity contribution is 0.485. The summed E-state index contributed by atoms with van der Waals surface area (Å²) in [6.45, 7) is 0. The van der Waals surface area contributed by atoms with Gasteiger partial charge in [0.15, 0.2) is 0 Å². The predicted molar refractivity (Wildman–Crippen MR) is 61.5 cm³/mol. The number of rotatable bonds is 4. The van der Waals surface area contributed by atoms with E-state index in [2.05, 4.69) is 39.6 Å². The predicted octanol–water partition coefficient (Wildman–Crippen LogP) is 2.75. The second-order valence-electron chi connectivity index (χ2n) is 3.92. The summed E-state index contributed by atoms with van der Waals surface area (Å²) in [5.74, 6) is 6.46. The molecular formula is C11H15BrN2. The van der Waals surface area contributed by atoms with Gasteiger partial charge in [0.2, 0.25) is 0 Å². The Morgan fingerprint density at radius 1 is 1.43 bits per heavy atom. The first-order valence-electron chi connectivity index (χ1n) is 5.02. The third-order valence-corrected chi connectivity index (χ3v) is 3.47. The summed E-state index contributed by atoms with van der Waals surface area (Å²) in [5.41, 5.74) is 4.17. The molecule has 1 saturated carbocycles. The average molecular weight is 255 g/mol. The first-order valence-corrected chi connectivity index (χ1v) is 5.81. The van der Waals surface area contributed by atoms with Crippen molar-refractivity contribution >= 4 is 15.9 Å². The average Bonchev–Trinajstić information content (AvgIpc) is 2.99. The molecule has 1 aromatic rings. The fourth-order valence-electron chi connectivity index (χ4n) is 1.73. The maximum atomic E-state index is 5.58. The second kappa shape index (κ2) is 4.43. The van der Waals surface area contributed by atoms with Crippen molar-refractivity contribution in [1.29, 1.82) is 0 Å². The number of nitrogens with two attached hydrogens (primary N) is 1. The Morgan fingerprint density at radius 3 is 2.71 bits per heavy atom. The van der Waals surface area contributed by atoms with Crippen LogP contribution in [0.4, 0.5) is 0 Å². The Labute approximate surface area is 93.0 Å². The molecule has 1 aliphatic rings. The number of hydrogen-bond donors (Lipinski definition) is 2. The third-order valence-electron chi connectivity index (χ3n) is 2.75. The lowest BCUT2D eigenvalue weighted by Crippen LogP contribution is -2.28. The van der Waals surface area contributed by atoms with E-state index >= 15 is 0 Å². The molecule has 1 aliphatic carbocycles. The molecule has 76 valence electrons. The Hall–Kier alpha value is -0.380. The third kappa shape index (κ3) is 2.35. The van der Waals surface area contributed by atoms with Crippen LogP contribution in [0, 0.1) is 5.92 Å². The number of halogens is 1. The maximum absolute atomic E-state index is 5.58. The smallest absolute Gasteiger partial charge is 0.0473 e. The summed E-state index contributed by atoms with van der Waals surface area (Å²) in [6, 6.07) is 8.55. The van der Waals surface area contributed by atoms with Crippen molar-refractivity contribution in [3.63, 3.8) is 0 Å². The van der Waals surface area contributed by atoms with Gasteiger partial charge in [0.1, 0.15) is 0 Å². The monoisotopic (exact) mass is 254 g/mol. The number of benzene rings is 1. The molecule has 1 atom stereocenters. The standard InChI is InChI=1S/C11H15BrN2/c12-10-4-2-1-3-9(10)11(14-13)7-8-5-6-8/h1-4,8,11,14H,5-7,13H2. The van der Waals surface area contributed by atoms with E-state index in [-0.39, 0.29) is 6.04 Å². The van der Waals surface area contributed by atoms with E-state index in [1.807, 2.05) is 6.07 Å². The highest BCUT2D eigenvalue weighted by Crippen LogP contribution is 2.38. The summed E-state index contributed by atoms with van der Waals surface area (Å²) in [5, 5.41) is 0. The van der Waals surface area contributed by atoms with Crippen LogP contribution in [-0.4, -0.2) is 0 Å². The molecule has 0 heterocycles. The Kier molecular flexibility index (Phi) is 3.21. The van der Waals surface area contributed by atoms with Gasteiger partial charge in [-0.3, -0.25) is 11.3 Å². The van der Waals surface area contributed by atoms with Crippen LogP contribution in [0.2, 0.25) is 0 Å². The van der Waals surface area contributed by atoms with Gasteiger partial charge in [-0.1, -0.05) is 47.0 Å². The molecular weight excluding hydrogens is 240 g/mol. The van der Waals surface area contributed by atoms with E-state index in [1.165, 1.54) is 18.4 Å². The highest BCUT2D eigenvalue weighted by atomic mass is 79.9. The van der Waals surface area contributed by atoms with Crippen molar-refractivity contribution in [2.24, 2.45) is 11.8 Å². The Balaban J connectivity index is 2.12. The summed E-state index contributed by atoms with van der Waals surface area (Å²) in [7, 11) is 0. The Bertz CT molecular complexity index is 310. The quantitative estimate of drug-likeness (QED) is 0.641. The summed E-state index contributed by atoms with van der Waals surface area (Å²) < 4.78 is 1.14. The molecule has 0 bridgehead atoms. The van der Waals surface area contributed by atoms with E-state index in [0.29, 0.717) is 0 Å². The molecule has 0 saturated heterocycles. The molecule has 14 heavy (non-hydrogen) atoms. The summed E-state index contributed by atoms with van der Waals surface area (Å²) in [4.78, 5) is 0. The molecule has 0 spiro atoms. The van der Waals surface area contributed by atoms with Crippen LogP contribution in [0.3, 0.4) is 0 Å².